The van der Waals surface area contributed by atoms with Gasteiger partial charge in [0, 0.05) is 58.3 Å². The highest BCUT2D eigenvalue weighted by Gasteiger charge is 2.60. The van der Waals surface area contributed by atoms with E-state index in [0.29, 0.717) is 30.2 Å². The monoisotopic (exact) mass is 601 g/mol. The lowest BCUT2D eigenvalue weighted by Crippen LogP contribution is -2.63. The average Bonchev–Trinajstić information content (AvgIpc) is 3.24. The lowest BCUT2D eigenvalue weighted by molar-refractivity contribution is -0.163. The minimum atomic E-state index is -1.14. The first-order valence-corrected chi connectivity index (χ1v) is 12.9. The summed E-state index contributed by atoms with van der Waals surface area (Å²) in [6, 6.07) is 6.81. The number of aliphatic hydroxyl groups excluding tert-OH is 1. The van der Waals surface area contributed by atoms with E-state index in [4.69, 9.17) is 4.74 Å². The average molecular weight is 601 g/mol. The molecule has 2 fully saturated rings. The van der Waals surface area contributed by atoms with E-state index in [9.17, 15) is 24.6 Å². The minimum Gasteiger partial charge on any atom is -0.477 e. The van der Waals surface area contributed by atoms with Gasteiger partial charge in [0.2, 0.25) is 11.8 Å². The maximum Gasteiger partial charge on any atom is 0.353 e. The number of β-lactam (4-membered cyclic amide) rings is 1. The Kier molecular flexibility index (Phi) is 7.58. The highest BCUT2D eigenvalue weighted by Crippen LogP contribution is 2.52. The van der Waals surface area contributed by atoms with Gasteiger partial charge in [0.15, 0.2) is 0 Å². The Balaban J connectivity index is 1.45. The molecule has 2 amide bonds. The fourth-order valence-electron chi connectivity index (χ4n) is 5.07. The van der Waals surface area contributed by atoms with Crippen LogP contribution in [0.1, 0.15) is 25.8 Å². The second-order valence-corrected chi connectivity index (χ2v) is 11.5. The van der Waals surface area contributed by atoms with E-state index >= 15 is 0 Å². The number of fused-ring (bicyclic) bond motifs is 1. The zero-order valence-corrected chi connectivity index (χ0v) is 22.1. The number of aliphatic carboxylic acids is 1. The number of halogens is 1. The molecule has 0 radical (unpaired) electrons. The summed E-state index contributed by atoms with van der Waals surface area (Å²) in [5, 5.41) is 22.8. The first-order chi connectivity index (χ1) is 16.1. The third-order valence-electron chi connectivity index (χ3n) is 6.62. The van der Waals surface area contributed by atoms with Gasteiger partial charge in [-0.1, -0.05) is 19.1 Å². The number of carboxylic acids is 1. The van der Waals surface area contributed by atoms with Crippen molar-refractivity contribution in [2.24, 2.45) is 11.8 Å². The molecule has 9 nitrogen and oxygen atoms in total. The molecule has 184 valence electrons. The number of benzene rings is 1. The molecule has 4 rings (SSSR count). The summed E-state index contributed by atoms with van der Waals surface area (Å²) >= 11 is 3.59. The fourth-order valence-corrected chi connectivity index (χ4v) is 7.82. The molecule has 0 spiro atoms. The van der Waals surface area contributed by atoms with Gasteiger partial charge in [0.1, 0.15) is 5.70 Å². The highest BCUT2D eigenvalue weighted by molar-refractivity contribution is 14.1. The van der Waals surface area contributed by atoms with E-state index in [1.54, 1.807) is 14.0 Å². The van der Waals surface area contributed by atoms with Crippen molar-refractivity contribution in [2.75, 3.05) is 19.0 Å². The van der Waals surface area contributed by atoms with Crippen LogP contribution < -0.4 is 5.32 Å². The number of nitrogens with one attached hydrogen (secondary N) is 1. The van der Waals surface area contributed by atoms with Crippen LogP contribution in [0.25, 0.3) is 0 Å². The third kappa shape index (κ3) is 4.60. The lowest BCUT2D eigenvalue weighted by atomic mass is 9.79. The SMILES string of the molecule is COCc1cccc(NC(=O)[C@@H]2C[C@H](SC3=C(C(=O)O)N4C(=O)[C@H]([C@@H](C)O)C4[C@H]3C)CN2I)c1. The van der Waals surface area contributed by atoms with Crippen LogP contribution in [0.15, 0.2) is 34.9 Å². The van der Waals surface area contributed by atoms with Crippen LogP contribution in [0.3, 0.4) is 0 Å². The Bertz CT molecular complexity index is 1030. The number of hydrogen-bond donors (Lipinski definition) is 3. The van der Waals surface area contributed by atoms with Gasteiger partial charge in [-0.3, -0.25) is 9.59 Å². The predicted molar refractivity (Wildman–Crippen MR) is 136 cm³/mol. The number of carboxylic acid groups (broad SMARTS) is 1. The molecule has 3 aliphatic heterocycles. The molecule has 1 unspecified atom stereocenters. The van der Waals surface area contributed by atoms with Crippen LogP contribution in [0.4, 0.5) is 5.69 Å². The van der Waals surface area contributed by atoms with Crippen LogP contribution in [0.2, 0.25) is 0 Å². The van der Waals surface area contributed by atoms with Crippen LogP contribution in [-0.2, 0) is 25.7 Å². The standard InChI is InChI=1S/C23H28IN3O6S/c1-11-18-17(12(2)28)22(30)27(18)19(23(31)32)20(11)34-15-8-16(26(24)9-15)21(29)25-14-6-4-5-13(7-14)10-33-3/h4-7,11-12,15-18,28H,8-10H2,1-3H3,(H,25,29)(H,31,32)/t11-,12-,15+,16+,17-,18?/m1/s1. The van der Waals surface area contributed by atoms with Crippen LogP contribution in [0, 0.1) is 11.8 Å². The quantitative estimate of drug-likeness (QED) is 0.236. The molecule has 34 heavy (non-hydrogen) atoms. The largest absolute Gasteiger partial charge is 0.477 e. The van der Waals surface area contributed by atoms with Crippen molar-refractivity contribution in [3.05, 3.63) is 40.4 Å². The number of aliphatic hydroxyl groups is 1. The Morgan fingerprint density at radius 2 is 2.12 bits per heavy atom. The lowest BCUT2D eigenvalue weighted by Gasteiger charge is -2.46. The molecular formula is C23H28IN3O6S. The summed E-state index contributed by atoms with van der Waals surface area (Å²) in [6.45, 7) is 4.54. The van der Waals surface area contributed by atoms with Gasteiger partial charge in [0.05, 0.1) is 30.7 Å². The maximum atomic E-state index is 13.0. The molecule has 3 aliphatic rings. The topological polar surface area (TPSA) is 119 Å². The summed E-state index contributed by atoms with van der Waals surface area (Å²) in [7, 11) is 1.62. The maximum absolute atomic E-state index is 13.0. The van der Waals surface area contributed by atoms with E-state index in [2.05, 4.69) is 28.2 Å². The summed E-state index contributed by atoms with van der Waals surface area (Å²) in [5.41, 5.74) is 1.68. The minimum absolute atomic E-state index is 0.00178. The van der Waals surface area contributed by atoms with Crippen molar-refractivity contribution in [3.63, 3.8) is 0 Å². The van der Waals surface area contributed by atoms with Crippen LogP contribution in [-0.4, -0.2) is 73.1 Å². The second kappa shape index (κ2) is 10.1. The number of carbonyl (C=O) groups is 3. The number of rotatable bonds is 8. The van der Waals surface area contributed by atoms with Crippen molar-refractivity contribution in [1.82, 2.24) is 8.01 Å². The molecule has 3 heterocycles. The summed E-state index contributed by atoms with van der Waals surface area (Å²) < 4.78 is 7.10. The van der Waals surface area contributed by atoms with Crippen molar-refractivity contribution in [3.8, 4) is 0 Å². The highest BCUT2D eigenvalue weighted by atomic mass is 127. The molecule has 3 N–H and O–H groups in total. The van der Waals surface area contributed by atoms with Gasteiger partial charge >= 0.3 is 5.97 Å². The first kappa shape index (κ1) is 25.4. The summed E-state index contributed by atoms with van der Waals surface area (Å²) in [5.74, 6) is -2.36. The molecule has 1 aromatic rings. The van der Waals surface area contributed by atoms with E-state index in [1.807, 2.05) is 34.3 Å². The molecule has 2 saturated heterocycles. The van der Waals surface area contributed by atoms with E-state index in [0.717, 1.165) is 5.56 Å². The molecule has 0 aromatic heterocycles. The smallest absolute Gasteiger partial charge is 0.353 e. The number of nitrogens with zero attached hydrogens (tertiary/aromatic N) is 2. The van der Waals surface area contributed by atoms with Gasteiger partial charge in [-0.25, -0.2) is 7.91 Å². The van der Waals surface area contributed by atoms with Crippen LogP contribution in [0.5, 0.6) is 0 Å². The number of carbonyl (C=O) groups excluding carboxylic acids is 2. The molecule has 0 saturated carbocycles. The van der Waals surface area contributed by atoms with Crippen molar-refractivity contribution < 1.29 is 29.3 Å². The number of ether oxygens (including phenoxy) is 1. The van der Waals surface area contributed by atoms with Crippen LogP contribution >= 0.6 is 34.6 Å². The van der Waals surface area contributed by atoms with Crippen molar-refractivity contribution >= 4 is 58.1 Å². The third-order valence-corrected chi connectivity index (χ3v) is 9.18. The molecule has 0 bridgehead atoms. The molecular weight excluding hydrogens is 573 g/mol. The van der Waals surface area contributed by atoms with E-state index in [-0.39, 0.29) is 40.8 Å². The van der Waals surface area contributed by atoms with Gasteiger partial charge < -0.3 is 25.2 Å². The molecule has 11 heteroatoms. The number of hydrogen-bond acceptors (Lipinski definition) is 7. The summed E-state index contributed by atoms with van der Waals surface area (Å²) in [4.78, 5) is 39.6. The summed E-state index contributed by atoms with van der Waals surface area (Å²) in [6.07, 6.45) is -0.277. The number of methoxy groups -OCH3 is 1. The Morgan fingerprint density at radius 1 is 1.38 bits per heavy atom. The number of thioether (sulfide) groups is 1. The molecule has 0 aliphatic carbocycles. The van der Waals surface area contributed by atoms with Crippen molar-refractivity contribution in [2.45, 2.75) is 50.3 Å². The fraction of sp³-hybridized carbons (Fsp3) is 0.522. The Labute approximate surface area is 216 Å². The van der Waals surface area contributed by atoms with E-state index in [1.165, 1.54) is 16.7 Å². The van der Waals surface area contributed by atoms with Gasteiger partial charge in [-0.05, 0) is 31.0 Å². The van der Waals surface area contributed by atoms with E-state index < -0.39 is 18.0 Å². The Hall–Kier alpha value is -1.67. The predicted octanol–water partition coefficient (Wildman–Crippen LogP) is 2.45. The zero-order valence-electron chi connectivity index (χ0n) is 19.1. The Morgan fingerprint density at radius 3 is 2.76 bits per heavy atom. The number of anilines is 1. The van der Waals surface area contributed by atoms with Gasteiger partial charge in [-0.2, -0.15) is 0 Å². The second-order valence-electron chi connectivity index (χ2n) is 8.97. The van der Waals surface area contributed by atoms with Gasteiger partial charge in [0.25, 0.3) is 0 Å². The van der Waals surface area contributed by atoms with Gasteiger partial charge in [-0.15, -0.1) is 11.8 Å². The molecule has 1 aromatic carbocycles. The normalized spacial score (nSPS) is 29.7. The first-order valence-electron chi connectivity index (χ1n) is 11.1. The molecule has 6 atom stereocenters. The van der Waals surface area contributed by atoms with Crippen molar-refractivity contribution in [1.29, 1.82) is 0 Å². The zero-order chi connectivity index (χ0) is 24.7. The number of amides is 2.